The number of aliphatic hydroxyl groups excluding tert-OH is 1. The normalized spacial score (nSPS) is 11.9. The highest BCUT2D eigenvalue weighted by Gasteiger charge is 2.20. The van der Waals surface area contributed by atoms with Gasteiger partial charge < -0.3 is 15.7 Å². The Morgan fingerprint density at radius 2 is 2.12 bits per heavy atom. The van der Waals surface area contributed by atoms with E-state index in [9.17, 15) is 4.79 Å². The zero-order chi connectivity index (χ0) is 12.7. The van der Waals surface area contributed by atoms with Crippen molar-refractivity contribution in [1.82, 2.24) is 4.90 Å². The molecule has 0 unspecified atom stereocenters. The number of aliphatic hydroxyl groups is 1. The molecule has 0 aliphatic carbocycles. The van der Waals surface area contributed by atoms with Crippen molar-refractivity contribution in [2.24, 2.45) is 5.73 Å². The first kappa shape index (κ1) is 13.4. The van der Waals surface area contributed by atoms with E-state index in [2.05, 4.69) is 6.58 Å². The molecule has 4 nitrogen and oxygen atoms in total. The third kappa shape index (κ3) is 3.69. The number of hydrogen-bond acceptors (Lipinski definition) is 3. The van der Waals surface area contributed by atoms with E-state index in [0.717, 1.165) is 5.56 Å². The highest BCUT2D eigenvalue weighted by molar-refractivity contribution is 5.83. The molecule has 3 N–H and O–H groups in total. The van der Waals surface area contributed by atoms with Gasteiger partial charge in [0.1, 0.15) is 6.04 Å². The lowest BCUT2D eigenvalue weighted by molar-refractivity contribution is -0.132. The van der Waals surface area contributed by atoms with Crippen molar-refractivity contribution in [1.29, 1.82) is 0 Å². The van der Waals surface area contributed by atoms with Crippen LogP contribution in [0.1, 0.15) is 11.6 Å². The molecule has 0 aliphatic rings. The van der Waals surface area contributed by atoms with Gasteiger partial charge in [-0.25, -0.2) is 0 Å². The van der Waals surface area contributed by atoms with Crippen LogP contribution in [0.4, 0.5) is 0 Å². The number of rotatable bonds is 6. The minimum absolute atomic E-state index is 0.0823. The van der Waals surface area contributed by atoms with Gasteiger partial charge >= 0.3 is 0 Å². The van der Waals surface area contributed by atoms with E-state index < -0.39 is 6.04 Å². The maximum atomic E-state index is 12.1. The summed E-state index contributed by atoms with van der Waals surface area (Å²) in [5.41, 5.74) is 6.66. The fourth-order valence-electron chi connectivity index (χ4n) is 1.57. The molecular formula is C13H18N2O2. The topological polar surface area (TPSA) is 66.6 Å². The van der Waals surface area contributed by atoms with Crippen LogP contribution >= 0.6 is 0 Å². The minimum Gasteiger partial charge on any atom is -0.395 e. The second-order valence-electron chi connectivity index (χ2n) is 3.68. The zero-order valence-electron chi connectivity index (χ0n) is 9.75. The molecule has 17 heavy (non-hydrogen) atoms. The third-order valence-corrected chi connectivity index (χ3v) is 2.46. The Balaban J connectivity index is 2.76. The predicted octanol–water partition coefficient (Wildman–Crippen LogP) is 0.693. The Hall–Kier alpha value is -1.65. The van der Waals surface area contributed by atoms with E-state index in [1.165, 1.54) is 4.90 Å². The Labute approximate surface area is 101 Å². The van der Waals surface area contributed by atoms with Crippen LogP contribution in [-0.4, -0.2) is 35.6 Å². The standard InChI is InChI=1S/C13H18N2O2/c1-2-8-15(9-10-16)13(17)12(14)11-6-4-3-5-7-11/h2-7,12,16H,1,8-10,14H2/t12-/m1/s1. The van der Waals surface area contributed by atoms with Crippen molar-refractivity contribution in [2.75, 3.05) is 19.7 Å². The first-order chi connectivity index (χ1) is 8.20. The highest BCUT2D eigenvalue weighted by atomic mass is 16.3. The van der Waals surface area contributed by atoms with Gasteiger partial charge in [0.15, 0.2) is 0 Å². The van der Waals surface area contributed by atoms with E-state index in [4.69, 9.17) is 10.8 Å². The van der Waals surface area contributed by atoms with Crippen molar-refractivity contribution in [3.8, 4) is 0 Å². The van der Waals surface area contributed by atoms with Crippen LogP contribution in [0, 0.1) is 0 Å². The fraction of sp³-hybridized carbons (Fsp3) is 0.308. The average molecular weight is 234 g/mol. The van der Waals surface area contributed by atoms with Gasteiger partial charge in [0.25, 0.3) is 0 Å². The molecule has 0 bridgehead atoms. The lowest BCUT2D eigenvalue weighted by Crippen LogP contribution is -2.40. The van der Waals surface area contributed by atoms with Crippen molar-refractivity contribution < 1.29 is 9.90 Å². The van der Waals surface area contributed by atoms with Crippen molar-refractivity contribution in [3.63, 3.8) is 0 Å². The lowest BCUT2D eigenvalue weighted by atomic mass is 10.1. The maximum absolute atomic E-state index is 12.1. The first-order valence-corrected chi connectivity index (χ1v) is 5.51. The van der Waals surface area contributed by atoms with Gasteiger partial charge in [-0.1, -0.05) is 36.4 Å². The monoisotopic (exact) mass is 234 g/mol. The summed E-state index contributed by atoms with van der Waals surface area (Å²) in [6.07, 6.45) is 1.62. The van der Waals surface area contributed by atoms with Crippen LogP contribution in [0.15, 0.2) is 43.0 Å². The number of carbonyl (C=O) groups excluding carboxylic acids is 1. The number of hydrogen-bond donors (Lipinski definition) is 2. The lowest BCUT2D eigenvalue weighted by Gasteiger charge is -2.23. The second kappa shape index (κ2) is 6.83. The molecular weight excluding hydrogens is 216 g/mol. The Kier molecular flexibility index (Phi) is 5.39. The maximum Gasteiger partial charge on any atom is 0.244 e. The molecule has 4 heteroatoms. The van der Waals surface area contributed by atoms with Gasteiger partial charge in [-0.15, -0.1) is 6.58 Å². The number of nitrogens with zero attached hydrogens (tertiary/aromatic N) is 1. The summed E-state index contributed by atoms with van der Waals surface area (Å²) >= 11 is 0. The largest absolute Gasteiger partial charge is 0.395 e. The minimum atomic E-state index is -0.692. The molecule has 0 radical (unpaired) electrons. The van der Waals surface area contributed by atoms with E-state index in [0.29, 0.717) is 6.54 Å². The molecule has 0 heterocycles. The molecule has 1 amide bonds. The molecule has 92 valence electrons. The van der Waals surface area contributed by atoms with Gasteiger partial charge in [-0.2, -0.15) is 0 Å². The molecule has 0 saturated heterocycles. The summed E-state index contributed by atoms with van der Waals surface area (Å²) in [4.78, 5) is 13.6. The SMILES string of the molecule is C=CCN(CCO)C(=O)[C@H](N)c1ccccc1. The summed E-state index contributed by atoms with van der Waals surface area (Å²) in [6, 6.07) is 8.48. The summed E-state index contributed by atoms with van der Waals surface area (Å²) in [5.74, 6) is -0.204. The molecule has 1 aromatic rings. The number of benzene rings is 1. The Morgan fingerprint density at radius 1 is 1.47 bits per heavy atom. The van der Waals surface area contributed by atoms with Crippen LogP contribution in [0.3, 0.4) is 0 Å². The predicted molar refractivity (Wildman–Crippen MR) is 67.2 cm³/mol. The Bertz CT molecular complexity index is 365. The van der Waals surface area contributed by atoms with Crippen LogP contribution in [0.2, 0.25) is 0 Å². The van der Waals surface area contributed by atoms with E-state index >= 15 is 0 Å². The molecule has 0 saturated carbocycles. The van der Waals surface area contributed by atoms with Crippen molar-refractivity contribution in [2.45, 2.75) is 6.04 Å². The molecule has 1 aromatic carbocycles. The van der Waals surface area contributed by atoms with Crippen LogP contribution in [0.25, 0.3) is 0 Å². The summed E-state index contributed by atoms with van der Waals surface area (Å²) in [6.45, 7) is 4.16. The summed E-state index contributed by atoms with van der Waals surface area (Å²) < 4.78 is 0. The van der Waals surface area contributed by atoms with Crippen LogP contribution in [-0.2, 0) is 4.79 Å². The van der Waals surface area contributed by atoms with E-state index in [-0.39, 0.29) is 19.1 Å². The zero-order valence-corrected chi connectivity index (χ0v) is 9.75. The van der Waals surface area contributed by atoms with Gasteiger partial charge in [0.05, 0.1) is 6.61 Å². The molecule has 0 aromatic heterocycles. The third-order valence-electron chi connectivity index (χ3n) is 2.46. The molecule has 0 aliphatic heterocycles. The van der Waals surface area contributed by atoms with Gasteiger partial charge in [0, 0.05) is 13.1 Å². The second-order valence-corrected chi connectivity index (χ2v) is 3.68. The Morgan fingerprint density at radius 3 is 2.65 bits per heavy atom. The number of carbonyl (C=O) groups is 1. The van der Waals surface area contributed by atoms with E-state index in [1.54, 1.807) is 6.08 Å². The summed E-state index contributed by atoms with van der Waals surface area (Å²) in [5, 5.41) is 8.90. The van der Waals surface area contributed by atoms with Crippen molar-refractivity contribution in [3.05, 3.63) is 48.6 Å². The van der Waals surface area contributed by atoms with Gasteiger partial charge in [-0.3, -0.25) is 4.79 Å². The van der Waals surface area contributed by atoms with Gasteiger partial charge in [0.2, 0.25) is 5.91 Å². The van der Waals surface area contributed by atoms with Crippen LogP contribution < -0.4 is 5.73 Å². The average Bonchev–Trinajstić information content (AvgIpc) is 2.38. The highest BCUT2D eigenvalue weighted by Crippen LogP contribution is 2.12. The van der Waals surface area contributed by atoms with Crippen molar-refractivity contribution >= 4 is 5.91 Å². The first-order valence-electron chi connectivity index (χ1n) is 5.51. The van der Waals surface area contributed by atoms with Crippen LogP contribution in [0.5, 0.6) is 0 Å². The molecule has 0 spiro atoms. The molecule has 1 atom stereocenters. The molecule has 0 fully saturated rings. The van der Waals surface area contributed by atoms with E-state index in [1.807, 2.05) is 30.3 Å². The molecule has 1 rings (SSSR count). The number of nitrogens with two attached hydrogens (primary N) is 1. The quantitative estimate of drug-likeness (QED) is 0.712. The van der Waals surface area contributed by atoms with Gasteiger partial charge in [-0.05, 0) is 5.56 Å². The number of amides is 1. The fourth-order valence-corrected chi connectivity index (χ4v) is 1.57. The summed E-state index contributed by atoms with van der Waals surface area (Å²) in [7, 11) is 0. The smallest absolute Gasteiger partial charge is 0.244 e.